The molecule has 0 atom stereocenters. The molecule has 2 aromatic rings. The predicted octanol–water partition coefficient (Wildman–Crippen LogP) is 3.45. The van der Waals surface area contributed by atoms with Gasteiger partial charge in [0.25, 0.3) is 5.91 Å². The standard InChI is InChI=1S/C18H22N4O2S2/c1-12-3-5-14(6-4-12)19-16(24)17-20-21-18(26-17)25-11-15(23)22-9-7-13(2)8-10-22/h3-6,13H,7-11H2,1-2H3,(H,19,24). The number of aromatic nitrogens is 2. The smallest absolute Gasteiger partial charge is 0.286 e. The molecule has 1 saturated heterocycles. The number of anilines is 1. The summed E-state index contributed by atoms with van der Waals surface area (Å²) in [5.41, 5.74) is 1.85. The van der Waals surface area contributed by atoms with E-state index in [1.54, 1.807) is 0 Å². The minimum absolute atomic E-state index is 0.128. The Kier molecular flexibility index (Phi) is 6.26. The summed E-state index contributed by atoms with van der Waals surface area (Å²) in [5, 5.41) is 11.1. The van der Waals surface area contributed by atoms with E-state index >= 15 is 0 Å². The molecule has 1 fully saturated rings. The van der Waals surface area contributed by atoms with Gasteiger partial charge in [-0.2, -0.15) is 0 Å². The molecule has 1 aliphatic heterocycles. The number of piperidine rings is 1. The van der Waals surface area contributed by atoms with Crippen LogP contribution in [0, 0.1) is 12.8 Å². The second-order valence-electron chi connectivity index (χ2n) is 6.55. The quantitative estimate of drug-likeness (QED) is 0.792. The van der Waals surface area contributed by atoms with Crippen molar-refractivity contribution in [3.8, 4) is 0 Å². The number of rotatable bonds is 5. The van der Waals surface area contributed by atoms with Gasteiger partial charge in [0.1, 0.15) is 0 Å². The fourth-order valence-electron chi connectivity index (χ4n) is 2.65. The van der Waals surface area contributed by atoms with Crippen molar-refractivity contribution in [3.63, 3.8) is 0 Å². The largest absolute Gasteiger partial charge is 0.342 e. The van der Waals surface area contributed by atoms with Crippen LogP contribution >= 0.6 is 23.1 Å². The summed E-state index contributed by atoms with van der Waals surface area (Å²) in [4.78, 5) is 26.4. The first-order valence-corrected chi connectivity index (χ1v) is 10.4. The second-order valence-corrected chi connectivity index (χ2v) is 8.75. The van der Waals surface area contributed by atoms with Gasteiger partial charge in [-0.15, -0.1) is 10.2 Å². The van der Waals surface area contributed by atoms with Gasteiger partial charge in [0.2, 0.25) is 10.9 Å². The summed E-state index contributed by atoms with van der Waals surface area (Å²) >= 11 is 2.55. The maximum absolute atomic E-state index is 12.3. The first kappa shape index (κ1) is 18.8. The zero-order chi connectivity index (χ0) is 18.5. The van der Waals surface area contributed by atoms with Crippen LogP contribution in [0.3, 0.4) is 0 Å². The number of nitrogens with one attached hydrogen (secondary N) is 1. The highest BCUT2D eigenvalue weighted by Crippen LogP contribution is 2.24. The van der Waals surface area contributed by atoms with Crippen molar-refractivity contribution in [2.75, 3.05) is 24.2 Å². The van der Waals surface area contributed by atoms with Crippen LogP contribution in [-0.2, 0) is 4.79 Å². The Labute approximate surface area is 161 Å². The second kappa shape index (κ2) is 8.64. The highest BCUT2D eigenvalue weighted by atomic mass is 32.2. The molecule has 6 nitrogen and oxygen atoms in total. The molecule has 1 aliphatic rings. The van der Waals surface area contributed by atoms with Crippen molar-refractivity contribution in [2.24, 2.45) is 5.92 Å². The SMILES string of the molecule is Cc1ccc(NC(=O)c2nnc(SCC(=O)N3CCC(C)CC3)s2)cc1. The lowest BCUT2D eigenvalue weighted by atomic mass is 9.99. The van der Waals surface area contributed by atoms with Crippen molar-refractivity contribution in [1.82, 2.24) is 15.1 Å². The van der Waals surface area contributed by atoms with E-state index in [9.17, 15) is 9.59 Å². The molecule has 2 heterocycles. The van der Waals surface area contributed by atoms with Crippen molar-refractivity contribution in [3.05, 3.63) is 34.8 Å². The van der Waals surface area contributed by atoms with Gasteiger partial charge in [0.15, 0.2) is 4.34 Å². The van der Waals surface area contributed by atoms with E-state index in [2.05, 4.69) is 22.4 Å². The van der Waals surface area contributed by atoms with Crippen molar-refractivity contribution in [1.29, 1.82) is 0 Å². The summed E-state index contributed by atoms with van der Waals surface area (Å²) in [6.07, 6.45) is 2.14. The van der Waals surface area contributed by atoms with Crippen molar-refractivity contribution < 1.29 is 9.59 Å². The number of hydrogen-bond acceptors (Lipinski definition) is 6. The molecule has 0 aliphatic carbocycles. The molecule has 26 heavy (non-hydrogen) atoms. The number of hydrogen-bond donors (Lipinski definition) is 1. The molecule has 0 unspecified atom stereocenters. The Morgan fingerprint density at radius 3 is 2.62 bits per heavy atom. The topological polar surface area (TPSA) is 75.2 Å². The number of carbonyl (C=O) groups excluding carboxylic acids is 2. The third-order valence-electron chi connectivity index (χ3n) is 4.37. The van der Waals surface area contributed by atoms with E-state index < -0.39 is 0 Å². The van der Waals surface area contributed by atoms with E-state index in [1.807, 2.05) is 36.1 Å². The average Bonchev–Trinajstić information content (AvgIpc) is 3.11. The molecule has 3 rings (SSSR count). The van der Waals surface area contributed by atoms with E-state index in [1.165, 1.54) is 23.1 Å². The molecule has 0 radical (unpaired) electrons. The maximum atomic E-state index is 12.3. The Balaban J connectivity index is 1.50. The van der Waals surface area contributed by atoms with Gasteiger partial charge in [-0.3, -0.25) is 9.59 Å². The zero-order valence-electron chi connectivity index (χ0n) is 14.9. The van der Waals surface area contributed by atoms with Gasteiger partial charge < -0.3 is 10.2 Å². The lowest BCUT2D eigenvalue weighted by Gasteiger charge is -2.30. The van der Waals surface area contributed by atoms with Gasteiger partial charge in [-0.05, 0) is 37.8 Å². The molecular weight excluding hydrogens is 368 g/mol. The molecule has 0 spiro atoms. The van der Waals surface area contributed by atoms with E-state index in [4.69, 9.17) is 0 Å². The van der Waals surface area contributed by atoms with Crippen LogP contribution < -0.4 is 5.32 Å². The van der Waals surface area contributed by atoms with Crippen LogP contribution in [-0.4, -0.2) is 45.8 Å². The Hall–Kier alpha value is -1.93. The highest BCUT2D eigenvalue weighted by molar-refractivity contribution is 8.01. The van der Waals surface area contributed by atoms with Crippen LogP contribution in [0.4, 0.5) is 5.69 Å². The minimum Gasteiger partial charge on any atom is -0.342 e. The molecule has 138 valence electrons. The van der Waals surface area contributed by atoms with Crippen molar-refractivity contribution in [2.45, 2.75) is 31.0 Å². The third kappa shape index (κ3) is 5.04. The highest BCUT2D eigenvalue weighted by Gasteiger charge is 2.21. The van der Waals surface area contributed by atoms with E-state index in [0.29, 0.717) is 21.0 Å². The van der Waals surface area contributed by atoms with Crippen LogP contribution in [0.1, 0.15) is 35.1 Å². The average molecular weight is 391 g/mol. The molecule has 1 N–H and O–H groups in total. The summed E-state index contributed by atoms with van der Waals surface area (Å²) < 4.78 is 0.637. The number of benzene rings is 1. The first-order chi connectivity index (χ1) is 12.5. The number of aryl methyl sites for hydroxylation is 1. The fourth-order valence-corrected chi connectivity index (χ4v) is 4.30. The number of likely N-dealkylation sites (tertiary alicyclic amines) is 1. The molecular formula is C18H22N4O2S2. The van der Waals surface area contributed by atoms with E-state index in [-0.39, 0.29) is 11.8 Å². The summed E-state index contributed by atoms with van der Waals surface area (Å²) in [6, 6.07) is 7.57. The van der Waals surface area contributed by atoms with Crippen molar-refractivity contribution >= 4 is 40.6 Å². The van der Waals surface area contributed by atoms with E-state index in [0.717, 1.165) is 37.2 Å². The molecule has 8 heteroatoms. The Morgan fingerprint density at radius 1 is 1.23 bits per heavy atom. The molecule has 0 saturated carbocycles. The lowest BCUT2D eigenvalue weighted by Crippen LogP contribution is -2.38. The van der Waals surface area contributed by atoms with Crippen LogP contribution in [0.2, 0.25) is 0 Å². The normalized spacial score (nSPS) is 15.1. The number of amides is 2. The Bertz CT molecular complexity index is 768. The lowest BCUT2D eigenvalue weighted by molar-refractivity contribution is -0.129. The maximum Gasteiger partial charge on any atom is 0.286 e. The van der Waals surface area contributed by atoms with Gasteiger partial charge >= 0.3 is 0 Å². The fraction of sp³-hybridized carbons (Fsp3) is 0.444. The number of carbonyl (C=O) groups is 2. The van der Waals surface area contributed by atoms with Gasteiger partial charge in [-0.25, -0.2) is 0 Å². The first-order valence-electron chi connectivity index (χ1n) is 8.63. The summed E-state index contributed by atoms with van der Waals surface area (Å²) in [7, 11) is 0. The molecule has 2 amide bonds. The van der Waals surface area contributed by atoms with Crippen LogP contribution in [0.5, 0.6) is 0 Å². The molecule has 0 bridgehead atoms. The third-order valence-corrected chi connectivity index (χ3v) is 6.41. The van der Waals surface area contributed by atoms with Gasteiger partial charge in [0.05, 0.1) is 5.75 Å². The van der Waals surface area contributed by atoms with Gasteiger partial charge in [0, 0.05) is 18.8 Å². The summed E-state index contributed by atoms with van der Waals surface area (Å²) in [6.45, 7) is 5.88. The molecule has 1 aromatic carbocycles. The molecule has 1 aromatic heterocycles. The van der Waals surface area contributed by atoms with Crippen LogP contribution in [0.15, 0.2) is 28.6 Å². The van der Waals surface area contributed by atoms with Gasteiger partial charge in [-0.1, -0.05) is 47.7 Å². The number of thioether (sulfide) groups is 1. The minimum atomic E-state index is -0.283. The summed E-state index contributed by atoms with van der Waals surface area (Å²) in [5.74, 6) is 0.879. The zero-order valence-corrected chi connectivity index (χ0v) is 16.5. The predicted molar refractivity (Wildman–Crippen MR) is 105 cm³/mol. The van der Waals surface area contributed by atoms with Crippen LogP contribution in [0.25, 0.3) is 0 Å². The Morgan fingerprint density at radius 2 is 1.92 bits per heavy atom. The number of nitrogens with zero attached hydrogens (tertiary/aromatic N) is 3. The monoisotopic (exact) mass is 390 g/mol.